The fourth-order valence-electron chi connectivity index (χ4n) is 3.41. The zero-order chi connectivity index (χ0) is 18.5. The fraction of sp³-hybridized carbons (Fsp3) is 0.500. The molecule has 1 aromatic rings. The summed E-state index contributed by atoms with van der Waals surface area (Å²) >= 11 is 0. The molecule has 0 radical (unpaired) electrons. The maximum atomic E-state index is 13.7. The molecular weight excluding hydrogens is 349 g/mol. The molecule has 9 heteroatoms. The molecule has 1 amide bonds. The van der Waals surface area contributed by atoms with E-state index in [4.69, 9.17) is 5.11 Å². The summed E-state index contributed by atoms with van der Waals surface area (Å²) in [7, 11) is 0. The van der Waals surface area contributed by atoms with Gasteiger partial charge in [0.25, 0.3) is 0 Å². The molecular formula is C16H14F5NO3. The molecule has 2 unspecified atom stereocenters. The smallest absolute Gasteiger partial charge is 0.394 e. The number of alkyl halides is 3. The van der Waals surface area contributed by atoms with Crippen molar-refractivity contribution in [3.63, 3.8) is 0 Å². The Labute approximate surface area is 139 Å². The number of amides is 1. The third-order valence-corrected chi connectivity index (χ3v) is 4.83. The second-order valence-corrected chi connectivity index (χ2v) is 6.45. The molecule has 0 aromatic heterocycles. The van der Waals surface area contributed by atoms with Crippen LogP contribution in [0.25, 0.3) is 0 Å². The summed E-state index contributed by atoms with van der Waals surface area (Å²) in [4.78, 5) is 24.3. The highest BCUT2D eigenvalue weighted by atomic mass is 19.4. The van der Waals surface area contributed by atoms with Crippen LogP contribution >= 0.6 is 0 Å². The molecule has 0 spiro atoms. The number of carboxylic acids is 1. The van der Waals surface area contributed by atoms with Gasteiger partial charge in [0.2, 0.25) is 5.91 Å². The van der Waals surface area contributed by atoms with Crippen molar-refractivity contribution in [3.8, 4) is 0 Å². The zero-order valence-electron chi connectivity index (χ0n) is 12.8. The van der Waals surface area contributed by atoms with E-state index < -0.39 is 66.4 Å². The van der Waals surface area contributed by atoms with Gasteiger partial charge in [0.05, 0.1) is 11.8 Å². The molecule has 25 heavy (non-hydrogen) atoms. The Hall–Kier alpha value is -2.19. The molecule has 4 nitrogen and oxygen atoms in total. The van der Waals surface area contributed by atoms with Crippen LogP contribution in [-0.4, -0.2) is 41.1 Å². The molecule has 136 valence electrons. The number of carbonyl (C=O) groups is 2. The number of likely N-dealkylation sites (tertiary alicyclic amines) is 1. The number of carboxylic acid groups (broad SMARTS) is 1. The normalized spacial score (nSPS) is 28.9. The number of nitrogens with zero attached hydrogens (tertiary/aromatic N) is 1. The summed E-state index contributed by atoms with van der Waals surface area (Å²) in [6.07, 6.45) is -4.53. The van der Waals surface area contributed by atoms with Crippen molar-refractivity contribution in [2.75, 3.05) is 13.1 Å². The number of carbonyl (C=O) groups excluding carboxylic acids is 1. The molecule has 2 fully saturated rings. The van der Waals surface area contributed by atoms with Crippen LogP contribution in [0.2, 0.25) is 0 Å². The van der Waals surface area contributed by atoms with E-state index >= 15 is 0 Å². The van der Waals surface area contributed by atoms with Crippen molar-refractivity contribution in [2.24, 2.45) is 17.8 Å². The number of hydrogen-bond acceptors (Lipinski definition) is 2. The predicted octanol–water partition coefficient (Wildman–Crippen LogP) is 2.79. The predicted molar refractivity (Wildman–Crippen MR) is 74.5 cm³/mol. The Morgan fingerprint density at radius 1 is 1.12 bits per heavy atom. The zero-order valence-corrected chi connectivity index (χ0v) is 12.8. The lowest BCUT2D eigenvalue weighted by Gasteiger charge is -2.18. The van der Waals surface area contributed by atoms with Gasteiger partial charge in [-0.1, -0.05) is 0 Å². The number of hydrogen-bond donors (Lipinski definition) is 1. The van der Waals surface area contributed by atoms with E-state index in [2.05, 4.69) is 0 Å². The van der Waals surface area contributed by atoms with Crippen molar-refractivity contribution in [1.82, 2.24) is 4.90 Å². The molecule has 1 heterocycles. The Bertz CT molecular complexity index is 720. The van der Waals surface area contributed by atoms with Gasteiger partial charge in [-0.05, 0) is 36.1 Å². The van der Waals surface area contributed by atoms with E-state index in [-0.39, 0.29) is 12.0 Å². The lowest BCUT2D eigenvalue weighted by molar-refractivity contribution is -0.188. The number of rotatable bonds is 3. The van der Waals surface area contributed by atoms with Crippen molar-refractivity contribution in [2.45, 2.75) is 18.5 Å². The average molecular weight is 363 g/mol. The van der Waals surface area contributed by atoms with Gasteiger partial charge in [-0.3, -0.25) is 9.59 Å². The van der Waals surface area contributed by atoms with Gasteiger partial charge in [0.15, 0.2) is 0 Å². The topological polar surface area (TPSA) is 57.6 Å². The highest BCUT2D eigenvalue weighted by molar-refractivity contribution is 5.84. The van der Waals surface area contributed by atoms with E-state index in [0.717, 1.165) is 23.1 Å². The first-order valence-corrected chi connectivity index (χ1v) is 7.63. The van der Waals surface area contributed by atoms with E-state index in [0.29, 0.717) is 0 Å². The Kier molecular flexibility index (Phi) is 4.20. The lowest BCUT2D eigenvalue weighted by atomic mass is 9.96. The molecule has 1 N–H and O–H groups in total. The summed E-state index contributed by atoms with van der Waals surface area (Å²) in [5.41, 5.74) is 0.0136. The lowest BCUT2D eigenvalue weighted by Crippen LogP contribution is -2.34. The van der Waals surface area contributed by atoms with Gasteiger partial charge in [0, 0.05) is 19.0 Å². The van der Waals surface area contributed by atoms with Gasteiger partial charge >= 0.3 is 12.1 Å². The van der Waals surface area contributed by atoms with Crippen LogP contribution in [-0.2, 0) is 9.59 Å². The van der Waals surface area contributed by atoms with E-state index in [1.807, 2.05) is 0 Å². The van der Waals surface area contributed by atoms with E-state index in [9.17, 15) is 31.5 Å². The van der Waals surface area contributed by atoms with Gasteiger partial charge in [-0.25, -0.2) is 8.78 Å². The van der Waals surface area contributed by atoms with E-state index in [1.54, 1.807) is 0 Å². The second kappa shape index (κ2) is 5.96. The average Bonchev–Trinajstić information content (AvgIpc) is 3.15. The molecule has 1 saturated heterocycles. The molecule has 3 rings (SSSR count). The van der Waals surface area contributed by atoms with Crippen LogP contribution in [0.4, 0.5) is 22.0 Å². The standard InChI is InChI=1S/C16H14F5NO3/c17-7-1-2-13(18)9(3-7)8-4-10(8)14(23)22-5-11(15(24)25)12(6-22)16(19,20)21/h1-3,8,10-12H,4-6H2,(H,24,25)/t8?,10?,11-,12-/m1/s1. The summed E-state index contributed by atoms with van der Waals surface area (Å²) in [6, 6.07) is 2.83. The first-order valence-electron chi connectivity index (χ1n) is 7.63. The first-order chi connectivity index (χ1) is 11.6. The Morgan fingerprint density at radius 2 is 1.80 bits per heavy atom. The van der Waals surface area contributed by atoms with Crippen molar-refractivity contribution < 1.29 is 36.6 Å². The summed E-state index contributed by atoms with van der Waals surface area (Å²) in [5, 5.41) is 8.97. The van der Waals surface area contributed by atoms with Crippen molar-refractivity contribution >= 4 is 11.9 Å². The summed E-state index contributed by atoms with van der Waals surface area (Å²) in [5.74, 6) is -8.80. The third kappa shape index (κ3) is 3.32. The number of halogens is 5. The van der Waals surface area contributed by atoms with Gasteiger partial charge in [-0.2, -0.15) is 13.2 Å². The first kappa shape index (κ1) is 17.6. The SMILES string of the molecule is O=C(O)[C@@H]1CN(C(=O)C2CC2c2cc(F)ccc2F)C[C@H]1C(F)(F)F. The molecule has 4 atom stereocenters. The molecule has 1 aliphatic heterocycles. The van der Waals surface area contributed by atoms with Crippen molar-refractivity contribution in [1.29, 1.82) is 0 Å². The Morgan fingerprint density at radius 3 is 2.36 bits per heavy atom. The highest BCUT2D eigenvalue weighted by Crippen LogP contribution is 2.50. The van der Waals surface area contributed by atoms with Gasteiger partial charge < -0.3 is 10.0 Å². The molecule has 1 aromatic carbocycles. The Balaban J connectivity index is 1.73. The monoisotopic (exact) mass is 363 g/mol. The molecule has 1 saturated carbocycles. The maximum absolute atomic E-state index is 13.7. The van der Waals surface area contributed by atoms with Crippen LogP contribution in [0, 0.1) is 29.4 Å². The fourth-order valence-corrected chi connectivity index (χ4v) is 3.41. The van der Waals surface area contributed by atoms with Crippen LogP contribution in [0.5, 0.6) is 0 Å². The van der Waals surface area contributed by atoms with Crippen LogP contribution in [0.15, 0.2) is 18.2 Å². The minimum absolute atomic E-state index is 0.0136. The summed E-state index contributed by atoms with van der Waals surface area (Å²) in [6.45, 7) is -1.26. The van der Waals surface area contributed by atoms with Crippen molar-refractivity contribution in [3.05, 3.63) is 35.4 Å². The highest BCUT2D eigenvalue weighted by Gasteiger charge is 2.56. The van der Waals surface area contributed by atoms with Crippen LogP contribution in [0.3, 0.4) is 0 Å². The van der Waals surface area contributed by atoms with Gasteiger partial charge in [0.1, 0.15) is 11.6 Å². The number of benzene rings is 1. The molecule has 2 aliphatic rings. The minimum atomic E-state index is -4.73. The van der Waals surface area contributed by atoms with Crippen LogP contribution < -0.4 is 0 Å². The minimum Gasteiger partial charge on any atom is -0.481 e. The summed E-state index contributed by atoms with van der Waals surface area (Å²) < 4.78 is 65.9. The number of aliphatic carboxylic acids is 1. The second-order valence-electron chi connectivity index (χ2n) is 6.45. The largest absolute Gasteiger partial charge is 0.481 e. The maximum Gasteiger partial charge on any atom is 0.394 e. The van der Waals surface area contributed by atoms with Gasteiger partial charge in [-0.15, -0.1) is 0 Å². The van der Waals surface area contributed by atoms with E-state index in [1.165, 1.54) is 0 Å². The molecule has 1 aliphatic carbocycles. The quantitative estimate of drug-likeness (QED) is 0.841. The third-order valence-electron chi connectivity index (χ3n) is 4.83. The van der Waals surface area contributed by atoms with Crippen LogP contribution in [0.1, 0.15) is 17.9 Å². The molecule has 0 bridgehead atoms.